The van der Waals surface area contributed by atoms with E-state index >= 15 is 0 Å². The maximum Gasteiger partial charge on any atom is 0.216 e. The van der Waals surface area contributed by atoms with E-state index in [1.807, 2.05) is 33.0 Å². The number of aryl methyl sites for hydroxylation is 2. The smallest absolute Gasteiger partial charge is 0.216 e. The number of nitrogens with one attached hydrogen (secondary N) is 2. The van der Waals surface area contributed by atoms with Gasteiger partial charge in [0.25, 0.3) is 0 Å². The Hall–Kier alpha value is -1.55. The molecular formula is C15H30N2O2. The number of hydrogen-bond donors (Lipinski definition) is 3. The van der Waals surface area contributed by atoms with Crippen molar-refractivity contribution in [2.45, 2.75) is 42.2 Å². The highest BCUT2D eigenvalue weighted by atomic mass is 16.3. The summed E-state index contributed by atoms with van der Waals surface area (Å²) >= 11 is 0. The Balaban J connectivity index is -0.000000320. The fourth-order valence-electron chi connectivity index (χ4n) is 1.35. The molecule has 112 valence electrons. The summed E-state index contributed by atoms with van der Waals surface area (Å²) in [6, 6.07) is 4.00. The van der Waals surface area contributed by atoms with Crippen LogP contribution in [0.2, 0.25) is 0 Å². The van der Waals surface area contributed by atoms with Gasteiger partial charge in [-0.2, -0.15) is 0 Å². The molecule has 0 saturated heterocycles. The Morgan fingerprint density at radius 1 is 1.16 bits per heavy atom. The average Bonchev–Trinajstić information content (AvgIpc) is 2.27. The van der Waals surface area contributed by atoms with E-state index in [1.165, 1.54) is 12.5 Å². The van der Waals surface area contributed by atoms with Gasteiger partial charge in [0.1, 0.15) is 5.75 Å². The number of aromatic hydroxyl groups is 1. The van der Waals surface area contributed by atoms with Gasteiger partial charge in [0.2, 0.25) is 5.91 Å². The predicted molar refractivity (Wildman–Crippen MR) is 83.5 cm³/mol. The van der Waals surface area contributed by atoms with Crippen molar-refractivity contribution < 1.29 is 9.90 Å². The summed E-state index contributed by atoms with van der Waals surface area (Å²) in [5, 5.41) is 14.9. The maximum absolute atomic E-state index is 9.70. The van der Waals surface area contributed by atoms with Crippen LogP contribution in [0.4, 0.5) is 0 Å². The summed E-state index contributed by atoms with van der Waals surface area (Å²) in [6.45, 7) is 6.16. The Morgan fingerprint density at radius 3 is 1.79 bits per heavy atom. The molecule has 0 atom stereocenters. The quantitative estimate of drug-likeness (QED) is 0.774. The zero-order valence-electron chi connectivity index (χ0n) is 11.2. The van der Waals surface area contributed by atoms with Crippen molar-refractivity contribution in [1.82, 2.24) is 10.6 Å². The van der Waals surface area contributed by atoms with Crippen LogP contribution in [0.3, 0.4) is 0 Å². The molecule has 1 aromatic carbocycles. The lowest BCUT2D eigenvalue weighted by atomic mass is 10.1. The highest BCUT2D eigenvalue weighted by Gasteiger charge is 2.01. The van der Waals surface area contributed by atoms with Crippen molar-refractivity contribution in [3.63, 3.8) is 0 Å². The molecule has 0 heterocycles. The minimum Gasteiger partial charge on any atom is -0.507 e. The Bertz CT molecular complexity index is 353. The minimum absolute atomic E-state index is 0. The zero-order chi connectivity index (χ0) is 13.4. The van der Waals surface area contributed by atoms with Gasteiger partial charge < -0.3 is 15.7 Å². The highest BCUT2D eigenvalue weighted by molar-refractivity contribution is 5.72. The Kier molecular flexibility index (Phi) is 13.7. The fraction of sp³-hybridized carbons (Fsp3) is 0.533. The van der Waals surface area contributed by atoms with E-state index in [9.17, 15) is 9.90 Å². The molecule has 3 N–H and O–H groups in total. The summed E-state index contributed by atoms with van der Waals surface area (Å²) < 4.78 is 0. The van der Waals surface area contributed by atoms with Gasteiger partial charge in [-0.25, -0.2) is 0 Å². The molecule has 0 saturated carbocycles. The number of carbonyl (C=O) groups is 1. The summed E-state index contributed by atoms with van der Waals surface area (Å²) in [4.78, 5) is 9.70. The number of amides is 1. The standard InChI is InChI=1S/C10H15NO.C3H7NO.2CH4/c1-7-4-9(6-11-3)5-8(2)10(7)12;1-3(5)4-2;;/h4-5,11-12H,6H2,1-3H3;1-2H3,(H,4,5);2*1H4. The van der Waals surface area contributed by atoms with Crippen LogP contribution in [0.15, 0.2) is 12.1 Å². The molecular weight excluding hydrogens is 240 g/mol. The van der Waals surface area contributed by atoms with Crippen LogP contribution in [-0.4, -0.2) is 25.1 Å². The number of phenols is 1. The molecule has 0 aromatic heterocycles. The van der Waals surface area contributed by atoms with Crippen LogP contribution in [-0.2, 0) is 11.3 Å². The normalized spacial score (nSPS) is 8.26. The first-order chi connectivity index (χ1) is 7.92. The molecule has 0 bridgehead atoms. The molecule has 0 radical (unpaired) electrons. The lowest BCUT2D eigenvalue weighted by molar-refractivity contribution is -0.118. The number of carbonyl (C=O) groups excluding carboxylic acids is 1. The monoisotopic (exact) mass is 270 g/mol. The summed E-state index contributed by atoms with van der Waals surface area (Å²) in [5.41, 5.74) is 3.10. The molecule has 1 amide bonds. The Labute approximate surface area is 118 Å². The molecule has 0 unspecified atom stereocenters. The second kappa shape index (κ2) is 11.5. The Morgan fingerprint density at radius 2 is 1.53 bits per heavy atom. The predicted octanol–water partition coefficient (Wildman–Crippen LogP) is 2.75. The van der Waals surface area contributed by atoms with Crippen LogP contribution >= 0.6 is 0 Å². The van der Waals surface area contributed by atoms with Crippen molar-refractivity contribution >= 4 is 5.91 Å². The van der Waals surface area contributed by atoms with Gasteiger partial charge in [-0.1, -0.05) is 27.0 Å². The largest absolute Gasteiger partial charge is 0.507 e. The van der Waals surface area contributed by atoms with Crippen LogP contribution in [0.1, 0.15) is 38.5 Å². The minimum atomic E-state index is 0. The van der Waals surface area contributed by atoms with Crippen molar-refractivity contribution in [3.05, 3.63) is 28.8 Å². The van der Waals surface area contributed by atoms with Gasteiger partial charge in [0.15, 0.2) is 0 Å². The van der Waals surface area contributed by atoms with Gasteiger partial charge in [-0.3, -0.25) is 4.79 Å². The van der Waals surface area contributed by atoms with Crippen LogP contribution in [0, 0.1) is 13.8 Å². The molecule has 0 fully saturated rings. The van der Waals surface area contributed by atoms with Gasteiger partial charge in [0.05, 0.1) is 0 Å². The lowest BCUT2D eigenvalue weighted by Gasteiger charge is -2.06. The van der Waals surface area contributed by atoms with Crippen LogP contribution < -0.4 is 10.6 Å². The highest BCUT2D eigenvalue weighted by Crippen LogP contribution is 2.22. The van der Waals surface area contributed by atoms with Gasteiger partial charge in [-0.05, 0) is 37.6 Å². The van der Waals surface area contributed by atoms with E-state index in [4.69, 9.17) is 0 Å². The first-order valence-corrected chi connectivity index (χ1v) is 5.54. The van der Waals surface area contributed by atoms with Gasteiger partial charge >= 0.3 is 0 Å². The molecule has 0 aliphatic heterocycles. The molecule has 0 aliphatic rings. The molecule has 0 spiro atoms. The summed E-state index contributed by atoms with van der Waals surface area (Å²) in [6.07, 6.45) is 0. The van der Waals surface area contributed by atoms with Crippen molar-refractivity contribution in [1.29, 1.82) is 0 Å². The second-order valence-electron chi connectivity index (χ2n) is 3.91. The topological polar surface area (TPSA) is 61.4 Å². The van der Waals surface area contributed by atoms with Gasteiger partial charge in [-0.15, -0.1) is 0 Å². The molecule has 19 heavy (non-hydrogen) atoms. The van der Waals surface area contributed by atoms with E-state index in [0.717, 1.165) is 17.7 Å². The van der Waals surface area contributed by atoms with Crippen molar-refractivity contribution in [2.24, 2.45) is 0 Å². The van der Waals surface area contributed by atoms with E-state index in [2.05, 4.69) is 10.6 Å². The van der Waals surface area contributed by atoms with E-state index < -0.39 is 0 Å². The average molecular weight is 270 g/mol. The van der Waals surface area contributed by atoms with Crippen molar-refractivity contribution in [3.8, 4) is 5.75 Å². The molecule has 4 nitrogen and oxygen atoms in total. The van der Waals surface area contributed by atoms with Crippen LogP contribution in [0.25, 0.3) is 0 Å². The third kappa shape index (κ3) is 9.08. The third-order valence-electron chi connectivity index (χ3n) is 2.28. The van der Waals surface area contributed by atoms with Gasteiger partial charge in [0, 0.05) is 20.5 Å². The second-order valence-corrected chi connectivity index (χ2v) is 3.91. The number of benzene rings is 1. The molecule has 1 rings (SSSR count). The fourth-order valence-corrected chi connectivity index (χ4v) is 1.35. The summed E-state index contributed by atoms with van der Waals surface area (Å²) in [7, 11) is 3.51. The summed E-state index contributed by atoms with van der Waals surface area (Å²) in [5.74, 6) is 0.417. The SMILES string of the molecule is C.C.CNC(C)=O.CNCc1cc(C)c(O)c(C)c1. The first kappa shape index (κ1) is 22.6. The van der Waals surface area contributed by atoms with E-state index in [0.29, 0.717) is 5.75 Å². The van der Waals surface area contributed by atoms with Crippen LogP contribution in [0.5, 0.6) is 5.75 Å². The van der Waals surface area contributed by atoms with E-state index in [1.54, 1.807) is 7.05 Å². The third-order valence-corrected chi connectivity index (χ3v) is 2.28. The molecule has 0 aliphatic carbocycles. The molecule has 4 heteroatoms. The zero-order valence-corrected chi connectivity index (χ0v) is 11.2. The maximum atomic E-state index is 9.70. The lowest BCUT2D eigenvalue weighted by Crippen LogP contribution is -2.11. The number of rotatable bonds is 2. The first-order valence-electron chi connectivity index (χ1n) is 5.54. The van der Waals surface area contributed by atoms with Crippen molar-refractivity contribution in [2.75, 3.05) is 14.1 Å². The molecule has 1 aromatic rings. The number of hydrogen-bond acceptors (Lipinski definition) is 3. The van der Waals surface area contributed by atoms with E-state index in [-0.39, 0.29) is 20.8 Å². The number of phenolic OH excluding ortho intramolecular Hbond substituents is 1.